The third kappa shape index (κ3) is 7.85. The van der Waals surface area contributed by atoms with Gasteiger partial charge in [-0.05, 0) is 79.8 Å². The molecule has 3 atom stereocenters. The number of aliphatic hydroxyl groups is 1. The predicted octanol–water partition coefficient (Wildman–Crippen LogP) is 4.30. The number of hydrogen-bond donors (Lipinski definition) is 3. The Hall–Kier alpha value is -1.84. The fourth-order valence-electron chi connectivity index (χ4n) is 4.49. The first-order chi connectivity index (χ1) is 16.4. The van der Waals surface area contributed by atoms with Crippen molar-refractivity contribution in [2.45, 2.75) is 70.6 Å². The van der Waals surface area contributed by atoms with Gasteiger partial charge < -0.3 is 20.3 Å². The molecule has 0 radical (unpaired) electrons. The lowest BCUT2D eigenvalue weighted by Crippen LogP contribution is -2.42. The van der Waals surface area contributed by atoms with Crippen LogP contribution in [0.4, 0.5) is 4.39 Å². The highest BCUT2D eigenvalue weighted by Crippen LogP contribution is 2.30. The molecule has 0 amide bonds. The summed E-state index contributed by atoms with van der Waals surface area (Å²) >= 11 is 1.58. The van der Waals surface area contributed by atoms with E-state index in [9.17, 15) is 14.3 Å². The molecule has 1 aliphatic rings. The van der Waals surface area contributed by atoms with Crippen LogP contribution in [0.1, 0.15) is 60.3 Å². The van der Waals surface area contributed by atoms with Gasteiger partial charge in [0, 0.05) is 30.6 Å². The Kier molecular flexibility index (Phi) is 10.5. The fraction of sp³-hybridized carbons (Fsp3) is 0.577. The topological polar surface area (TPSA) is 82.0 Å². The van der Waals surface area contributed by atoms with Gasteiger partial charge in [0.2, 0.25) is 0 Å². The summed E-state index contributed by atoms with van der Waals surface area (Å²) in [6.07, 6.45) is 3.61. The maximum atomic E-state index is 13.9. The van der Waals surface area contributed by atoms with Crippen LogP contribution in [-0.2, 0) is 22.4 Å². The number of likely N-dealkylation sites (tertiary alicyclic amines) is 1. The van der Waals surface area contributed by atoms with Crippen LogP contribution in [-0.4, -0.2) is 59.6 Å². The molecule has 8 heteroatoms. The predicted molar refractivity (Wildman–Crippen MR) is 133 cm³/mol. The maximum absolute atomic E-state index is 13.9. The zero-order valence-corrected chi connectivity index (χ0v) is 21.0. The number of carboxylic acids is 1. The third-order valence-electron chi connectivity index (χ3n) is 6.44. The van der Waals surface area contributed by atoms with E-state index in [4.69, 9.17) is 9.84 Å². The average molecular weight is 493 g/mol. The van der Waals surface area contributed by atoms with Crippen LogP contribution in [0, 0.1) is 12.7 Å². The normalized spacial score (nSPS) is 18.3. The van der Waals surface area contributed by atoms with Crippen LogP contribution in [0.25, 0.3) is 0 Å². The molecule has 0 aliphatic carbocycles. The molecule has 0 saturated carbocycles. The standard InChI is InChI=1S/C26H37FN2O4S/c1-3-24(26-20(10-12-34-26)8-9-25(31)32)33-16-22(30)15-28-17-29-11-4-5-21(29)13-19-7-6-18(2)23(27)14-19/h6-7,10,12,14,21-22,24,28,30H,3-5,8-9,11,13,15-17H2,1-2H3,(H,31,32)/t21-,22+,24?/m0/s1. The monoisotopic (exact) mass is 492 g/mol. The van der Waals surface area contributed by atoms with E-state index in [0.717, 1.165) is 48.2 Å². The summed E-state index contributed by atoms with van der Waals surface area (Å²) in [4.78, 5) is 14.3. The van der Waals surface area contributed by atoms with Crippen molar-refractivity contribution in [2.24, 2.45) is 0 Å². The lowest BCUT2D eigenvalue weighted by Gasteiger charge is -2.26. The van der Waals surface area contributed by atoms with Crippen LogP contribution in [0.3, 0.4) is 0 Å². The Morgan fingerprint density at radius 3 is 2.94 bits per heavy atom. The zero-order chi connectivity index (χ0) is 24.5. The summed E-state index contributed by atoms with van der Waals surface area (Å²) in [7, 11) is 0. The van der Waals surface area contributed by atoms with Gasteiger partial charge in [-0.25, -0.2) is 4.39 Å². The van der Waals surface area contributed by atoms with Crippen LogP contribution in [0.5, 0.6) is 0 Å². The summed E-state index contributed by atoms with van der Waals surface area (Å²) in [5, 5.41) is 24.7. The second-order valence-electron chi connectivity index (χ2n) is 9.10. The zero-order valence-electron chi connectivity index (χ0n) is 20.1. The maximum Gasteiger partial charge on any atom is 0.303 e. The second-order valence-corrected chi connectivity index (χ2v) is 10.0. The number of benzene rings is 1. The largest absolute Gasteiger partial charge is 0.481 e. The smallest absolute Gasteiger partial charge is 0.303 e. The number of carboxylic acid groups (broad SMARTS) is 1. The molecular weight excluding hydrogens is 455 g/mol. The van der Waals surface area contributed by atoms with E-state index < -0.39 is 12.1 Å². The van der Waals surface area contributed by atoms with Crippen molar-refractivity contribution in [3.8, 4) is 0 Å². The Morgan fingerprint density at radius 2 is 2.21 bits per heavy atom. The number of aryl methyl sites for hydroxylation is 2. The van der Waals surface area contributed by atoms with Gasteiger partial charge in [0.1, 0.15) is 5.82 Å². The molecule has 0 bridgehead atoms. The van der Waals surface area contributed by atoms with E-state index in [1.54, 1.807) is 24.3 Å². The van der Waals surface area contributed by atoms with Crippen molar-refractivity contribution in [3.63, 3.8) is 0 Å². The number of aliphatic carboxylic acids is 1. The Balaban J connectivity index is 1.41. The molecule has 1 fully saturated rings. The molecule has 0 spiro atoms. The molecule has 188 valence electrons. The highest BCUT2D eigenvalue weighted by molar-refractivity contribution is 7.10. The number of rotatable bonds is 14. The molecule has 34 heavy (non-hydrogen) atoms. The SMILES string of the molecule is CCC(OC[C@H](O)CNCN1CCC[C@H]1Cc1ccc(C)c(F)c1)c1sccc1CCC(=O)O. The number of nitrogens with zero attached hydrogens (tertiary/aromatic N) is 1. The first kappa shape index (κ1) is 26.8. The van der Waals surface area contributed by atoms with Crippen LogP contribution in [0.2, 0.25) is 0 Å². The molecule has 1 saturated heterocycles. The van der Waals surface area contributed by atoms with Gasteiger partial charge in [-0.2, -0.15) is 0 Å². The van der Waals surface area contributed by atoms with Gasteiger partial charge in [0.25, 0.3) is 0 Å². The molecule has 1 aromatic heterocycles. The van der Waals surface area contributed by atoms with E-state index in [1.165, 1.54) is 0 Å². The molecule has 6 nitrogen and oxygen atoms in total. The van der Waals surface area contributed by atoms with Crippen molar-refractivity contribution in [1.29, 1.82) is 0 Å². The van der Waals surface area contributed by atoms with Crippen LogP contribution in [0.15, 0.2) is 29.6 Å². The summed E-state index contributed by atoms with van der Waals surface area (Å²) in [6.45, 7) is 6.12. The van der Waals surface area contributed by atoms with Gasteiger partial charge in [-0.3, -0.25) is 9.69 Å². The first-order valence-corrected chi connectivity index (χ1v) is 13.0. The minimum atomic E-state index is -0.807. The molecule has 1 unspecified atom stereocenters. The molecular formula is C26H37FN2O4S. The quantitative estimate of drug-likeness (QED) is 0.365. The minimum absolute atomic E-state index is 0.100. The van der Waals surface area contributed by atoms with E-state index in [1.807, 2.05) is 30.5 Å². The second kappa shape index (κ2) is 13.3. The van der Waals surface area contributed by atoms with E-state index >= 15 is 0 Å². The molecule has 1 aromatic carbocycles. The van der Waals surface area contributed by atoms with Crippen molar-refractivity contribution >= 4 is 17.3 Å². The fourth-order valence-corrected chi connectivity index (χ4v) is 5.57. The van der Waals surface area contributed by atoms with Gasteiger partial charge in [-0.15, -0.1) is 11.3 Å². The number of aliphatic hydroxyl groups excluding tert-OH is 1. The highest BCUT2D eigenvalue weighted by atomic mass is 32.1. The van der Waals surface area contributed by atoms with E-state index in [-0.39, 0.29) is 24.9 Å². The number of halogens is 1. The van der Waals surface area contributed by atoms with Gasteiger partial charge >= 0.3 is 5.97 Å². The van der Waals surface area contributed by atoms with E-state index in [2.05, 4.69) is 10.2 Å². The van der Waals surface area contributed by atoms with Crippen LogP contribution < -0.4 is 5.32 Å². The number of hydrogen-bond acceptors (Lipinski definition) is 6. The Labute approximate surface area is 205 Å². The van der Waals surface area contributed by atoms with Crippen molar-refractivity contribution in [3.05, 3.63) is 57.0 Å². The number of nitrogens with one attached hydrogen (secondary N) is 1. The molecule has 3 rings (SSSR count). The molecule has 3 N–H and O–H groups in total. The molecule has 2 heterocycles. The van der Waals surface area contributed by atoms with Gasteiger partial charge in [-0.1, -0.05) is 19.1 Å². The average Bonchev–Trinajstić information content (AvgIpc) is 3.45. The summed E-state index contributed by atoms with van der Waals surface area (Å²) in [5.41, 5.74) is 2.71. The minimum Gasteiger partial charge on any atom is -0.481 e. The lowest BCUT2D eigenvalue weighted by molar-refractivity contribution is -0.136. The molecule has 2 aromatic rings. The third-order valence-corrected chi connectivity index (χ3v) is 7.49. The number of thiophene rings is 1. The van der Waals surface area contributed by atoms with Crippen LogP contribution >= 0.6 is 11.3 Å². The number of carbonyl (C=O) groups is 1. The highest BCUT2D eigenvalue weighted by Gasteiger charge is 2.25. The van der Waals surface area contributed by atoms with Crippen molar-refractivity contribution in [2.75, 3.05) is 26.4 Å². The van der Waals surface area contributed by atoms with Gasteiger partial charge in [0.15, 0.2) is 0 Å². The Bertz CT molecular complexity index is 922. The first-order valence-electron chi connectivity index (χ1n) is 12.1. The lowest BCUT2D eigenvalue weighted by atomic mass is 10.0. The van der Waals surface area contributed by atoms with Crippen molar-refractivity contribution in [1.82, 2.24) is 10.2 Å². The summed E-state index contributed by atoms with van der Waals surface area (Å²) in [6, 6.07) is 7.83. The summed E-state index contributed by atoms with van der Waals surface area (Å²) < 4.78 is 19.9. The van der Waals surface area contributed by atoms with Gasteiger partial charge in [0.05, 0.1) is 18.8 Å². The number of ether oxygens (including phenoxy) is 1. The molecule has 1 aliphatic heterocycles. The van der Waals surface area contributed by atoms with E-state index in [0.29, 0.717) is 31.2 Å². The van der Waals surface area contributed by atoms with Crippen molar-refractivity contribution < 1.29 is 24.1 Å². The summed E-state index contributed by atoms with van der Waals surface area (Å²) in [5.74, 6) is -0.955. The Morgan fingerprint density at radius 1 is 1.38 bits per heavy atom.